The van der Waals surface area contributed by atoms with Gasteiger partial charge in [0, 0.05) is 62.3 Å². The highest BCUT2D eigenvalue weighted by Gasteiger charge is 2.14. The fourth-order valence-electron chi connectivity index (χ4n) is 5.07. The Hall–Kier alpha value is -3.61. The van der Waals surface area contributed by atoms with Crippen LogP contribution in [0.5, 0.6) is 0 Å². The van der Waals surface area contributed by atoms with Gasteiger partial charge in [0.05, 0.1) is 5.52 Å². The number of aromatic nitrogens is 1. The lowest BCUT2D eigenvalue weighted by Crippen LogP contribution is -2.30. The van der Waals surface area contributed by atoms with E-state index >= 15 is 0 Å². The quantitative estimate of drug-likeness (QED) is 0.325. The molecular weight excluding hydrogens is 474 g/mol. The SMILES string of the molecule is CCN(CCCNC(=O)CCC(=O)Nc1ccc2nc(N3CCCCC3)cc(C)c2c1)c1cccc(C)c1. The van der Waals surface area contributed by atoms with Crippen LogP contribution in [0.25, 0.3) is 10.9 Å². The number of amides is 2. The Balaban J connectivity index is 1.21. The van der Waals surface area contributed by atoms with Crippen LogP contribution in [0, 0.1) is 13.8 Å². The van der Waals surface area contributed by atoms with Crippen LogP contribution in [-0.2, 0) is 9.59 Å². The van der Waals surface area contributed by atoms with E-state index in [1.165, 1.54) is 30.5 Å². The molecule has 0 spiro atoms. The summed E-state index contributed by atoms with van der Waals surface area (Å²) in [4.78, 5) is 34.4. The molecule has 0 unspecified atom stereocenters. The van der Waals surface area contributed by atoms with Crippen molar-refractivity contribution in [2.45, 2.75) is 59.3 Å². The van der Waals surface area contributed by atoms with E-state index in [1.807, 2.05) is 18.2 Å². The smallest absolute Gasteiger partial charge is 0.224 e. The Morgan fingerprint density at radius 1 is 0.974 bits per heavy atom. The lowest BCUT2D eigenvalue weighted by molar-refractivity contribution is -0.124. The Bertz CT molecular complexity index is 1250. The summed E-state index contributed by atoms with van der Waals surface area (Å²) >= 11 is 0. The number of nitrogens with one attached hydrogen (secondary N) is 2. The van der Waals surface area contributed by atoms with Crippen LogP contribution in [0.2, 0.25) is 0 Å². The number of pyridine rings is 1. The van der Waals surface area contributed by atoms with E-state index in [0.717, 1.165) is 60.6 Å². The molecule has 0 saturated carbocycles. The second-order valence-corrected chi connectivity index (χ2v) is 10.2. The molecule has 38 heavy (non-hydrogen) atoms. The van der Waals surface area contributed by atoms with Crippen molar-refractivity contribution < 1.29 is 9.59 Å². The van der Waals surface area contributed by atoms with Gasteiger partial charge in [-0.2, -0.15) is 0 Å². The molecule has 202 valence electrons. The highest BCUT2D eigenvalue weighted by Crippen LogP contribution is 2.27. The third-order valence-electron chi connectivity index (χ3n) is 7.22. The van der Waals surface area contributed by atoms with Gasteiger partial charge in [0.2, 0.25) is 11.8 Å². The van der Waals surface area contributed by atoms with Crippen LogP contribution in [0.4, 0.5) is 17.2 Å². The summed E-state index contributed by atoms with van der Waals surface area (Å²) in [5.41, 5.74) is 5.26. The monoisotopic (exact) mass is 515 g/mol. The summed E-state index contributed by atoms with van der Waals surface area (Å²) < 4.78 is 0. The van der Waals surface area contributed by atoms with Gasteiger partial charge in [-0.25, -0.2) is 4.98 Å². The van der Waals surface area contributed by atoms with Gasteiger partial charge in [-0.05, 0) is 94.0 Å². The van der Waals surface area contributed by atoms with Gasteiger partial charge < -0.3 is 20.4 Å². The van der Waals surface area contributed by atoms with E-state index in [9.17, 15) is 9.59 Å². The molecule has 1 saturated heterocycles. The second-order valence-electron chi connectivity index (χ2n) is 10.2. The molecular formula is C31H41N5O2. The first-order valence-corrected chi connectivity index (χ1v) is 14.0. The summed E-state index contributed by atoms with van der Waals surface area (Å²) in [6, 6.07) is 16.4. The number of carbonyl (C=O) groups excluding carboxylic acids is 2. The van der Waals surface area contributed by atoms with Gasteiger partial charge in [0.15, 0.2) is 0 Å². The van der Waals surface area contributed by atoms with Crippen LogP contribution < -0.4 is 20.4 Å². The number of anilines is 3. The molecule has 7 nitrogen and oxygen atoms in total. The predicted octanol–water partition coefficient (Wildman–Crippen LogP) is 5.59. The molecule has 2 N–H and O–H groups in total. The molecule has 0 aliphatic carbocycles. The number of aryl methyl sites for hydroxylation is 2. The van der Waals surface area contributed by atoms with E-state index in [2.05, 4.69) is 71.5 Å². The van der Waals surface area contributed by atoms with Crippen LogP contribution in [0.15, 0.2) is 48.5 Å². The largest absolute Gasteiger partial charge is 0.372 e. The number of carbonyl (C=O) groups is 2. The maximum absolute atomic E-state index is 12.5. The van der Waals surface area contributed by atoms with Crippen molar-refractivity contribution >= 4 is 39.9 Å². The molecule has 1 aliphatic rings. The summed E-state index contributed by atoms with van der Waals surface area (Å²) in [6.07, 6.45) is 4.90. The number of piperidine rings is 1. The van der Waals surface area contributed by atoms with Crippen LogP contribution in [-0.4, -0.2) is 49.5 Å². The van der Waals surface area contributed by atoms with Crippen LogP contribution in [0.3, 0.4) is 0 Å². The Labute approximate surface area is 226 Å². The Morgan fingerprint density at radius 2 is 1.76 bits per heavy atom. The van der Waals surface area contributed by atoms with Crippen molar-refractivity contribution in [3.8, 4) is 0 Å². The molecule has 3 aromatic rings. The normalized spacial score (nSPS) is 13.4. The van der Waals surface area contributed by atoms with E-state index in [1.54, 1.807) is 0 Å². The molecule has 4 rings (SSSR count). The van der Waals surface area contributed by atoms with Gasteiger partial charge in [0.1, 0.15) is 5.82 Å². The fraction of sp³-hybridized carbons (Fsp3) is 0.452. The molecule has 0 atom stereocenters. The topological polar surface area (TPSA) is 77.6 Å². The van der Waals surface area contributed by atoms with E-state index in [-0.39, 0.29) is 24.7 Å². The van der Waals surface area contributed by atoms with Crippen molar-refractivity contribution in [2.75, 3.05) is 47.8 Å². The maximum atomic E-state index is 12.5. The van der Waals surface area contributed by atoms with Gasteiger partial charge in [-0.15, -0.1) is 0 Å². The van der Waals surface area contributed by atoms with Gasteiger partial charge in [-0.3, -0.25) is 9.59 Å². The van der Waals surface area contributed by atoms with Crippen molar-refractivity contribution in [1.82, 2.24) is 10.3 Å². The number of hydrogen-bond donors (Lipinski definition) is 2. The van der Waals surface area contributed by atoms with E-state index in [0.29, 0.717) is 6.54 Å². The van der Waals surface area contributed by atoms with Crippen molar-refractivity contribution in [1.29, 1.82) is 0 Å². The highest BCUT2D eigenvalue weighted by molar-refractivity contribution is 5.96. The van der Waals surface area contributed by atoms with Crippen molar-refractivity contribution in [2.24, 2.45) is 0 Å². The molecule has 2 amide bonds. The van der Waals surface area contributed by atoms with Crippen molar-refractivity contribution in [3.63, 3.8) is 0 Å². The van der Waals surface area contributed by atoms with Crippen LogP contribution >= 0.6 is 0 Å². The fourth-order valence-corrected chi connectivity index (χ4v) is 5.07. The average Bonchev–Trinajstić information content (AvgIpc) is 2.92. The minimum Gasteiger partial charge on any atom is -0.372 e. The van der Waals surface area contributed by atoms with Crippen molar-refractivity contribution in [3.05, 3.63) is 59.7 Å². The van der Waals surface area contributed by atoms with E-state index < -0.39 is 0 Å². The Morgan fingerprint density at radius 3 is 2.53 bits per heavy atom. The zero-order chi connectivity index (χ0) is 26.9. The first-order chi connectivity index (χ1) is 18.4. The third kappa shape index (κ3) is 7.46. The maximum Gasteiger partial charge on any atom is 0.224 e. The zero-order valence-corrected chi connectivity index (χ0v) is 23.1. The molecule has 2 aromatic carbocycles. The minimum absolute atomic E-state index is 0.0949. The number of nitrogens with zero attached hydrogens (tertiary/aromatic N) is 3. The van der Waals surface area contributed by atoms with Gasteiger partial charge in [-0.1, -0.05) is 12.1 Å². The molecule has 0 bridgehead atoms. The summed E-state index contributed by atoms with van der Waals surface area (Å²) in [7, 11) is 0. The number of benzene rings is 2. The summed E-state index contributed by atoms with van der Waals surface area (Å²) in [5, 5.41) is 6.93. The summed E-state index contributed by atoms with van der Waals surface area (Å²) in [5.74, 6) is 0.782. The average molecular weight is 516 g/mol. The first kappa shape index (κ1) is 27.4. The molecule has 2 heterocycles. The minimum atomic E-state index is -0.161. The van der Waals surface area contributed by atoms with Gasteiger partial charge >= 0.3 is 0 Å². The highest BCUT2D eigenvalue weighted by atomic mass is 16.2. The molecule has 1 aliphatic heterocycles. The Kier molecular flexibility index (Phi) is 9.57. The number of hydrogen-bond acceptors (Lipinski definition) is 5. The zero-order valence-electron chi connectivity index (χ0n) is 23.1. The number of fused-ring (bicyclic) bond motifs is 1. The molecule has 1 fully saturated rings. The number of rotatable bonds is 11. The molecule has 0 radical (unpaired) electrons. The van der Waals surface area contributed by atoms with Gasteiger partial charge in [0.25, 0.3) is 0 Å². The lowest BCUT2D eigenvalue weighted by atomic mass is 10.1. The van der Waals surface area contributed by atoms with Crippen LogP contribution in [0.1, 0.15) is 56.6 Å². The molecule has 1 aromatic heterocycles. The first-order valence-electron chi connectivity index (χ1n) is 14.0. The second kappa shape index (κ2) is 13.3. The molecule has 7 heteroatoms. The van der Waals surface area contributed by atoms with E-state index in [4.69, 9.17) is 4.98 Å². The predicted molar refractivity (Wildman–Crippen MR) is 157 cm³/mol. The lowest BCUT2D eigenvalue weighted by Gasteiger charge is -2.28. The standard InChI is InChI=1S/C31H41N5O2/c1-4-35(26-11-8-10-23(2)20-26)19-9-16-32-30(37)14-15-31(38)33-25-12-13-28-27(22-25)24(3)21-29(34-28)36-17-6-5-7-18-36/h8,10-13,20-22H,4-7,9,14-19H2,1-3H3,(H,32,37)(H,33,38). The third-order valence-corrected chi connectivity index (χ3v) is 7.22. The summed E-state index contributed by atoms with van der Waals surface area (Å²) in [6.45, 7) is 10.8.